The summed E-state index contributed by atoms with van der Waals surface area (Å²) in [4.78, 5) is 34.9. The molecule has 2 rings (SSSR count). The summed E-state index contributed by atoms with van der Waals surface area (Å²) < 4.78 is 0. The first-order chi connectivity index (χ1) is 12.0. The van der Waals surface area contributed by atoms with E-state index in [0.29, 0.717) is 16.8 Å². The van der Waals surface area contributed by atoms with Crippen molar-refractivity contribution in [1.82, 2.24) is 0 Å². The van der Waals surface area contributed by atoms with E-state index in [1.807, 2.05) is 13.0 Å². The van der Waals surface area contributed by atoms with Gasteiger partial charge in [-0.1, -0.05) is 30.4 Å². The summed E-state index contributed by atoms with van der Waals surface area (Å²) in [6, 6.07) is 12.2. The van der Waals surface area contributed by atoms with E-state index >= 15 is 0 Å². The Hall–Kier alpha value is -3.47. The Bertz CT molecular complexity index is 831. The number of carboxylic acid groups (broad SMARTS) is 1. The second-order valence-electron chi connectivity index (χ2n) is 5.16. The highest BCUT2D eigenvalue weighted by molar-refractivity contribution is 6.09. The lowest BCUT2D eigenvalue weighted by Gasteiger charge is -2.05. The van der Waals surface area contributed by atoms with Crippen LogP contribution in [0.25, 0.3) is 0 Å². The van der Waals surface area contributed by atoms with Crippen LogP contribution >= 0.6 is 0 Å². The Morgan fingerprint density at radius 1 is 0.840 bits per heavy atom. The van der Waals surface area contributed by atoms with Gasteiger partial charge >= 0.3 is 5.97 Å². The molecule has 2 N–H and O–H groups in total. The van der Waals surface area contributed by atoms with E-state index in [9.17, 15) is 14.4 Å². The van der Waals surface area contributed by atoms with E-state index < -0.39 is 5.97 Å². The van der Waals surface area contributed by atoms with Crippen LogP contribution in [0.4, 0.5) is 5.69 Å². The first kappa shape index (κ1) is 17.9. The molecule has 0 atom stereocenters. The summed E-state index contributed by atoms with van der Waals surface area (Å²) in [6.45, 7) is 1.85. The topological polar surface area (TPSA) is 83.5 Å². The number of allylic oxidation sites excluding steroid dienone is 3. The largest absolute Gasteiger partial charge is 0.478 e. The maximum Gasteiger partial charge on any atom is 0.335 e. The lowest BCUT2D eigenvalue weighted by Crippen LogP contribution is -2.08. The van der Waals surface area contributed by atoms with Crippen molar-refractivity contribution in [3.63, 3.8) is 0 Å². The predicted octanol–water partition coefficient (Wildman–Crippen LogP) is 3.69. The van der Waals surface area contributed by atoms with Crippen molar-refractivity contribution < 1.29 is 19.5 Å². The van der Waals surface area contributed by atoms with Crippen molar-refractivity contribution in [3.8, 4) is 0 Å². The Morgan fingerprint density at radius 2 is 1.36 bits per heavy atom. The summed E-state index contributed by atoms with van der Waals surface area (Å²) in [5, 5.41) is 11.6. The van der Waals surface area contributed by atoms with Gasteiger partial charge in [0.05, 0.1) is 5.56 Å². The van der Waals surface area contributed by atoms with Gasteiger partial charge in [0.15, 0.2) is 5.78 Å². The average molecular weight is 335 g/mol. The van der Waals surface area contributed by atoms with Crippen LogP contribution in [0.3, 0.4) is 0 Å². The second-order valence-corrected chi connectivity index (χ2v) is 5.16. The molecule has 1 amide bonds. The van der Waals surface area contributed by atoms with Crippen molar-refractivity contribution >= 4 is 23.3 Å². The van der Waals surface area contributed by atoms with Crippen molar-refractivity contribution in [2.75, 3.05) is 5.32 Å². The molecule has 0 fully saturated rings. The zero-order chi connectivity index (χ0) is 18.2. The van der Waals surface area contributed by atoms with Crippen molar-refractivity contribution in [3.05, 3.63) is 89.5 Å². The lowest BCUT2D eigenvalue weighted by molar-refractivity contribution is -0.111. The smallest absolute Gasteiger partial charge is 0.335 e. The minimum atomic E-state index is -1.04. The molecule has 2 aromatic carbocycles. The van der Waals surface area contributed by atoms with E-state index in [-0.39, 0.29) is 17.3 Å². The predicted molar refractivity (Wildman–Crippen MR) is 95.9 cm³/mol. The summed E-state index contributed by atoms with van der Waals surface area (Å²) in [7, 11) is 0. The number of aromatic carboxylic acids is 1. The number of benzene rings is 2. The minimum absolute atomic E-state index is 0.126. The van der Waals surface area contributed by atoms with Gasteiger partial charge in [-0.3, -0.25) is 9.59 Å². The molecule has 2 aromatic rings. The Balaban J connectivity index is 2.07. The Kier molecular flexibility index (Phi) is 6.01. The van der Waals surface area contributed by atoms with Gasteiger partial charge in [0, 0.05) is 22.9 Å². The molecule has 0 aliphatic rings. The maximum absolute atomic E-state index is 12.4. The third-order valence-electron chi connectivity index (χ3n) is 3.36. The monoisotopic (exact) mass is 335 g/mol. The molecule has 0 saturated heterocycles. The molecule has 0 bridgehead atoms. The van der Waals surface area contributed by atoms with Crippen LogP contribution in [0, 0.1) is 0 Å². The van der Waals surface area contributed by atoms with Gasteiger partial charge in [-0.2, -0.15) is 0 Å². The highest BCUT2D eigenvalue weighted by atomic mass is 16.4. The van der Waals surface area contributed by atoms with E-state index in [2.05, 4.69) is 5.32 Å². The highest BCUT2D eigenvalue weighted by Crippen LogP contribution is 2.15. The first-order valence-corrected chi connectivity index (χ1v) is 7.59. The maximum atomic E-state index is 12.4. The van der Waals surface area contributed by atoms with Crippen LogP contribution in [0.1, 0.15) is 33.2 Å². The van der Waals surface area contributed by atoms with Crippen molar-refractivity contribution in [2.24, 2.45) is 0 Å². The van der Waals surface area contributed by atoms with E-state index in [0.717, 1.165) is 0 Å². The molecule has 126 valence electrons. The fraction of sp³-hybridized carbons (Fsp3) is 0.0500. The van der Waals surface area contributed by atoms with Crippen LogP contribution in [0.2, 0.25) is 0 Å². The van der Waals surface area contributed by atoms with Crippen molar-refractivity contribution in [2.45, 2.75) is 6.92 Å². The SMILES string of the molecule is CC=CC=CC(=O)Nc1ccc(C(=O)c2ccc(C(=O)O)cc2)cc1. The molecule has 5 nitrogen and oxygen atoms in total. The van der Waals surface area contributed by atoms with Crippen LogP contribution in [0.15, 0.2) is 72.8 Å². The molecule has 0 aliphatic carbocycles. The normalized spacial score (nSPS) is 10.9. The summed E-state index contributed by atoms with van der Waals surface area (Å²) in [5.41, 5.74) is 1.55. The first-order valence-electron chi connectivity index (χ1n) is 7.59. The van der Waals surface area contributed by atoms with Gasteiger partial charge in [0.1, 0.15) is 0 Å². The standard InChI is InChI=1S/C20H17NO4/c1-2-3-4-5-18(22)21-17-12-10-15(11-13-17)19(23)14-6-8-16(9-7-14)20(24)25/h2-13H,1H3,(H,21,22)(H,24,25). The molecule has 0 unspecified atom stereocenters. The van der Waals surface area contributed by atoms with Gasteiger partial charge in [-0.25, -0.2) is 4.79 Å². The average Bonchev–Trinajstić information content (AvgIpc) is 2.62. The molecule has 0 heterocycles. The van der Waals surface area contributed by atoms with Gasteiger partial charge in [0.25, 0.3) is 0 Å². The quantitative estimate of drug-likeness (QED) is 0.479. The molecular weight excluding hydrogens is 318 g/mol. The van der Waals surface area contributed by atoms with Crippen molar-refractivity contribution in [1.29, 1.82) is 0 Å². The minimum Gasteiger partial charge on any atom is -0.478 e. The number of carbonyl (C=O) groups is 3. The third-order valence-corrected chi connectivity index (χ3v) is 3.36. The molecule has 0 aromatic heterocycles. The van der Waals surface area contributed by atoms with Crippen LogP contribution in [-0.4, -0.2) is 22.8 Å². The van der Waals surface area contributed by atoms with Gasteiger partial charge in [-0.05, 0) is 43.3 Å². The summed E-state index contributed by atoms with van der Waals surface area (Å²) >= 11 is 0. The summed E-state index contributed by atoms with van der Waals surface area (Å²) in [6.07, 6.45) is 6.60. The fourth-order valence-corrected chi connectivity index (χ4v) is 2.07. The fourth-order valence-electron chi connectivity index (χ4n) is 2.07. The van der Waals surface area contributed by atoms with E-state index in [1.54, 1.807) is 36.4 Å². The molecule has 25 heavy (non-hydrogen) atoms. The number of anilines is 1. The molecule has 0 saturated carbocycles. The van der Waals surface area contributed by atoms with Gasteiger partial charge < -0.3 is 10.4 Å². The number of ketones is 1. The van der Waals surface area contributed by atoms with Gasteiger partial charge in [0.2, 0.25) is 5.91 Å². The van der Waals surface area contributed by atoms with Crippen LogP contribution in [-0.2, 0) is 4.79 Å². The molecule has 0 aliphatic heterocycles. The Morgan fingerprint density at radius 3 is 1.88 bits per heavy atom. The number of hydrogen-bond acceptors (Lipinski definition) is 3. The van der Waals surface area contributed by atoms with Crippen LogP contribution in [0.5, 0.6) is 0 Å². The zero-order valence-electron chi connectivity index (χ0n) is 13.6. The zero-order valence-corrected chi connectivity index (χ0v) is 13.6. The van der Waals surface area contributed by atoms with Gasteiger partial charge in [-0.15, -0.1) is 0 Å². The van der Waals surface area contributed by atoms with Crippen LogP contribution < -0.4 is 5.32 Å². The Labute approximate surface area is 145 Å². The molecule has 0 radical (unpaired) electrons. The third kappa shape index (κ3) is 5.00. The van der Waals surface area contributed by atoms with E-state index in [1.165, 1.54) is 30.3 Å². The number of amides is 1. The number of nitrogens with one attached hydrogen (secondary N) is 1. The molecule has 0 spiro atoms. The number of rotatable bonds is 6. The summed E-state index contributed by atoms with van der Waals surface area (Å²) in [5.74, 6) is -1.52. The van der Waals surface area contributed by atoms with E-state index in [4.69, 9.17) is 5.11 Å². The highest BCUT2D eigenvalue weighted by Gasteiger charge is 2.10. The number of carboxylic acids is 1. The molecule has 5 heteroatoms. The second kappa shape index (κ2) is 8.40. The number of carbonyl (C=O) groups excluding carboxylic acids is 2. The lowest BCUT2D eigenvalue weighted by atomic mass is 10.0. The number of hydrogen-bond donors (Lipinski definition) is 2. The molecular formula is C20H17NO4.